The summed E-state index contributed by atoms with van der Waals surface area (Å²) in [6.45, 7) is 2.88. The predicted molar refractivity (Wildman–Crippen MR) is 65.1 cm³/mol. The van der Waals surface area contributed by atoms with Gasteiger partial charge < -0.3 is 0 Å². The Bertz CT molecular complexity index is 397. The van der Waals surface area contributed by atoms with Crippen molar-refractivity contribution < 1.29 is 0 Å². The lowest BCUT2D eigenvalue weighted by molar-refractivity contribution is 0.192. The molecule has 2 rings (SSSR count). The molecule has 1 fully saturated rings. The van der Waals surface area contributed by atoms with E-state index in [0.717, 1.165) is 37.5 Å². The summed E-state index contributed by atoms with van der Waals surface area (Å²) < 4.78 is 0. The van der Waals surface area contributed by atoms with E-state index >= 15 is 0 Å². The molecule has 1 atom stereocenters. The van der Waals surface area contributed by atoms with Gasteiger partial charge in [-0.2, -0.15) is 5.26 Å². The monoisotopic (exact) mass is 234 g/mol. The Morgan fingerprint density at radius 2 is 2.38 bits per heavy atom. The Balaban J connectivity index is 1.97. The highest BCUT2D eigenvalue weighted by Gasteiger charge is 2.19. The van der Waals surface area contributed by atoms with Crippen LogP contribution in [0.4, 0.5) is 0 Å². The molecule has 1 aromatic carbocycles. The maximum absolute atomic E-state index is 8.92. The highest BCUT2D eigenvalue weighted by Crippen LogP contribution is 2.19. The molecule has 84 valence electrons. The number of likely N-dealkylation sites (tertiary alicyclic amines) is 1. The average Bonchev–Trinajstić information content (AvgIpc) is 2.29. The molecule has 0 bridgehead atoms. The third-order valence-electron chi connectivity index (χ3n) is 2.98. The number of piperidine rings is 1. The molecule has 1 aromatic rings. The SMILES string of the molecule is N#CC1CCCN(Cc2cccc(Cl)c2)C1. The van der Waals surface area contributed by atoms with Crippen molar-refractivity contribution >= 4 is 11.6 Å². The minimum Gasteiger partial charge on any atom is -0.298 e. The van der Waals surface area contributed by atoms with Crippen LogP contribution < -0.4 is 0 Å². The van der Waals surface area contributed by atoms with Crippen LogP contribution in [0.25, 0.3) is 0 Å². The second-order valence-electron chi connectivity index (χ2n) is 4.33. The molecular formula is C13H15ClN2. The quantitative estimate of drug-likeness (QED) is 0.787. The molecule has 1 aliphatic heterocycles. The van der Waals surface area contributed by atoms with E-state index in [-0.39, 0.29) is 5.92 Å². The first kappa shape index (κ1) is 11.4. The van der Waals surface area contributed by atoms with Gasteiger partial charge in [-0.25, -0.2) is 0 Å². The largest absolute Gasteiger partial charge is 0.298 e. The number of rotatable bonds is 2. The predicted octanol–water partition coefficient (Wildman–Crippen LogP) is 3.08. The Labute approximate surface area is 101 Å². The van der Waals surface area contributed by atoms with Crippen molar-refractivity contribution in [1.29, 1.82) is 5.26 Å². The molecule has 1 unspecified atom stereocenters. The topological polar surface area (TPSA) is 27.0 Å². The normalized spacial score (nSPS) is 21.6. The summed E-state index contributed by atoms with van der Waals surface area (Å²) in [5.74, 6) is 0.202. The molecule has 0 radical (unpaired) electrons. The lowest BCUT2D eigenvalue weighted by atomic mass is 9.99. The summed E-state index contributed by atoms with van der Waals surface area (Å²) in [6, 6.07) is 10.3. The molecular weight excluding hydrogens is 220 g/mol. The van der Waals surface area contributed by atoms with E-state index in [9.17, 15) is 0 Å². The van der Waals surface area contributed by atoms with Crippen molar-refractivity contribution in [3.8, 4) is 6.07 Å². The first-order valence-electron chi connectivity index (χ1n) is 5.64. The number of halogens is 1. The van der Waals surface area contributed by atoms with Crippen LogP contribution in [0, 0.1) is 17.2 Å². The Morgan fingerprint density at radius 1 is 1.50 bits per heavy atom. The minimum absolute atomic E-state index is 0.202. The van der Waals surface area contributed by atoms with Gasteiger partial charge in [-0.05, 0) is 37.1 Å². The van der Waals surface area contributed by atoms with Crippen molar-refractivity contribution in [3.63, 3.8) is 0 Å². The van der Waals surface area contributed by atoms with E-state index in [1.54, 1.807) is 0 Å². The number of hydrogen-bond acceptors (Lipinski definition) is 2. The van der Waals surface area contributed by atoms with Crippen LogP contribution >= 0.6 is 11.6 Å². The maximum Gasteiger partial charge on any atom is 0.0669 e. The first-order chi connectivity index (χ1) is 7.78. The molecule has 0 spiro atoms. The fourth-order valence-corrected chi connectivity index (χ4v) is 2.41. The van der Waals surface area contributed by atoms with Gasteiger partial charge in [-0.1, -0.05) is 23.7 Å². The molecule has 0 aromatic heterocycles. The lowest BCUT2D eigenvalue weighted by Crippen LogP contribution is -2.34. The van der Waals surface area contributed by atoms with Crippen molar-refractivity contribution in [2.45, 2.75) is 19.4 Å². The van der Waals surface area contributed by atoms with E-state index in [4.69, 9.17) is 16.9 Å². The van der Waals surface area contributed by atoms with Crippen LogP contribution in [0.5, 0.6) is 0 Å². The summed E-state index contributed by atoms with van der Waals surface area (Å²) in [7, 11) is 0. The van der Waals surface area contributed by atoms with E-state index in [2.05, 4.69) is 17.0 Å². The van der Waals surface area contributed by atoms with Gasteiger partial charge in [-0.15, -0.1) is 0 Å². The Morgan fingerprint density at radius 3 is 3.12 bits per heavy atom. The summed E-state index contributed by atoms with van der Waals surface area (Å²) in [4.78, 5) is 2.34. The van der Waals surface area contributed by atoms with Crippen molar-refractivity contribution in [2.75, 3.05) is 13.1 Å². The number of nitrogens with zero attached hydrogens (tertiary/aromatic N) is 2. The van der Waals surface area contributed by atoms with Crippen molar-refractivity contribution in [2.24, 2.45) is 5.92 Å². The molecule has 16 heavy (non-hydrogen) atoms. The summed E-state index contributed by atoms with van der Waals surface area (Å²) in [6.07, 6.45) is 2.17. The van der Waals surface area contributed by atoms with Gasteiger partial charge in [0, 0.05) is 18.1 Å². The molecule has 1 saturated heterocycles. The van der Waals surface area contributed by atoms with Gasteiger partial charge in [0.2, 0.25) is 0 Å². The van der Waals surface area contributed by atoms with Crippen LogP contribution in [-0.4, -0.2) is 18.0 Å². The molecule has 1 heterocycles. The van der Waals surface area contributed by atoms with Crippen LogP contribution in [0.15, 0.2) is 24.3 Å². The second kappa shape index (κ2) is 5.34. The van der Waals surface area contributed by atoms with Crippen LogP contribution in [0.2, 0.25) is 5.02 Å². The maximum atomic E-state index is 8.92. The van der Waals surface area contributed by atoms with E-state index in [1.165, 1.54) is 5.56 Å². The van der Waals surface area contributed by atoms with Gasteiger partial charge in [0.1, 0.15) is 0 Å². The fourth-order valence-electron chi connectivity index (χ4n) is 2.20. The smallest absolute Gasteiger partial charge is 0.0669 e. The van der Waals surface area contributed by atoms with Gasteiger partial charge in [0.25, 0.3) is 0 Å². The van der Waals surface area contributed by atoms with E-state index in [1.807, 2.05) is 18.2 Å². The molecule has 0 saturated carbocycles. The zero-order valence-electron chi connectivity index (χ0n) is 9.19. The van der Waals surface area contributed by atoms with Crippen LogP contribution in [0.1, 0.15) is 18.4 Å². The third kappa shape index (κ3) is 2.98. The van der Waals surface area contributed by atoms with Crippen LogP contribution in [0.3, 0.4) is 0 Å². The van der Waals surface area contributed by atoms with Crippen molar-refractivity contribution in [1.82, 2.24) is 4.90 Å². The van der Waals surface area contributed by atoms with Gasteiger partial charge in [0.05, 0.1) is 12.0 Å². The Kier molecular flexibility index (Phi) is 3.82. The summed E-state index contributed by atoms with van der Waals surface area (Å²) in [5.41, 5.74) is 1.23. The molecule has 1 aliphatic rings. The average molecular weight is 235 g/mol. The number of benzene rings is 1. The standard InChI is InChI=1S/C13H15ClN2/c14-13-5-1-3-11(7-13)9-16-6-2-4-12(8-15)10-16/h1,3,5,7,12H,2,4,6,9-10H2. The van der Waals surface area contributed by atoms with E-state index in [0.29, 0.717) is 0 Å². The fraction of sp³-hybridized carbons (Fsp3) is 0.462. The molecule has 2 nitrogen and oxygen atoms in total. The third-order valence-corrected chi connectivity index (χ3v) is 3.22. The van der Waals surface area contributed by atoms with Gasteiger partial charge in [0.15, 0.2) is 0 Å². The van der Waals surface area contributed by atoms with E-state index < -0.39 is 0 Å². The minimum atomic E-state index is 0.202. The molecule has 0 aliphatic carbocycles. The molecule has 3 heteroatoms. The summed E-state index contributed by atoms with van der Waals surface area (Å²) >= 11 is 5.95. The lowest BCUT2D eigenvalue weighted by Gasteiger charge is -2.29. The number of hydrogen-bond donors (Lipinski definition) is 0. The highest BCUT2D eigenvalue weighted by molar-refractivity contribution is 6.30. The van der Waals surface area contributed by atoms with Gasteiger partial charge in [-0.3, -0.25) is 4.90 Å². The molecule has 0 N–H and O–H groups in total. The van der Waals surface area contributed by atoms with Crippen LogP contribution in [-0.2, 0) is 6.54 Å². The Hall–Kier alpha value is -1.04. The first-order valence-corrected chi connectivity index (χ1v) is 6.02. The zero-order valence-corrected chi connectivity index (χ0v) is 9.95. The van der Waals surface area contributed by atoms with Gasteiger partial charge >= 0.3 is 0 Å². The highest BCUT2D eigenvalue weighted by atomic mass is 35.5. The summed E-state index contributed by atoms with van der Waals surface area (Å²) in [5, 5.41) is 9.70. The molecule has 0 amide bonds. The zero-order chi connectivity index (χ0) is 11.4. The van der Waals surface area contributed by atoms with Crippen molar-refractivity contribution in [3.05, 3.63) is 34.9 Å². The second-order valence-corrected chi connectivity index (χ2v) is 4.77. The number of nitriles is 1.